The van der Waals surface area contributed by atoms with Crippen molar-refractivity contribution in [1.82, 2.24) is 0 Å². The van der Waals surface area contributed by atoms with Gasteiger partial charge < -0.3 is 10.5 Å². The third-order valence-electron chi connectivity index (χ3n) is 4.14. The quantitative estimate of drug-likeness (QED) is 0.763. The van der Waals surface area contributed by atoms with Crippen molar-refractivity contribution in [1.29, 1.82) is 0 Å². The first kappa shape index (κ1) is 16.6. The maximum Gasteiger partial charge on any atom is 0.119 e. The Morgan fingerprint density at radius 2 is 1.64 bits per heavy atom. The predicted octanol–water partition coefficient (Wildman–Crippen LogP) is 4.51. The molecule has 2 nitrogen and oxygen atoms in total. The molecule has 0 saturated carbocycles. The molecule has 2 aromatic rings. The van der Waals surface area contributed by atoms with Gasteiger partial charge in [-0.05, 0) is 74.9 Å². The van der Waals surface area contributed by atoms with E-state index in [0.29, 0.717) is 12.5 Å². The van der Waals surface area contributed by atoms with Gasteiger partial charge in [-0.1, -0.05) is 35.9 Å². The van der Waals surface area contributed by atoms with Crippen LogP contribution in [0.3, 0.4) is 0 Å². The molecule has 1 unspecified atom stereocenters. The monoisotopic (exact) mass is 297 g/mol. The van der Waals surface area contributed by atoms with E-state index in [0.717, 1.165) is 25.2 Å². The van der Waals surface area contributed by atoms with Gasteiger partial charge in [-0.3, -0.25) is 0 Å². The number of ether oxygens (including phenoxy) is 1. The average molecular weight is 297 g/mol. The number of hydrogen-bond acceptors (Lipinski definition) is 2. The lowest BCUT2D eigenvalue weighted by molar-refractivity contribution is 0.301. The smallest absolute Gasteiger partial charge is 0.119 e. The fourth-order valence-corrected chi connectivity index (χ4v) is 3.25. The van der Waals surface area contributed by atoms with Crippen LogP contribution < -0.4 is 10.5 Å². The highest BCUT2D eigenvalue weighted by molar-refractivity contribution is 5.40. The van der Waals surface area contributed by atoms with Gasteiger partial charge in [0.05, 0.1) is 6.61 Å². The van der Waals surface area contributed by atoms with Crippen molar-refractivity contribution in [2.24, 2.45) is 5.73 Å². The van der Waals surface area contributed by atoms with Crippen molar-refractivity contribution in [2.75, 3.05) is 13.2 Å². The van der Waals surface area contributed by atoms with Crippen LogP contribution in [0.1, 0.15) is 41.0 Å². The van der Waals surface area contributed by atoms with E-state index in [9.17, 15) is 0 Å². The second kappa shape index (κ2) is 8.00. The zero-order valence-corrected chi connectivity index (χ0v) is 13.9. The Morgan fingerprint density at radius 3 is 2.23 bits per heavy atom. The van der Waals surface area contributed by atoms with Gasteiger partial charge in [0.25, 0.3) is 0 Å². The van der Waals surface area contributed by atoms with Crippen LogP contribution in [0, 0.1) is 20.8 Å². The summed E-state index contributed by atoms with van der Waals surface area (Å²) in [6.07, 6.45) is 2.08. The minimum Gasteiger partial charge on any atom is -0.494 e. The highest BCUT2D eigenvalue weighted by Crippen LogP contribution is 2.28. The lowest BCUT2D eigenvalue weighted by Gasteiger charge is -2.21. The van der Waals surface area contributed by atoms with Gasteiger partial charge in [0, 0.05) is 0 Å². The van der Waals surface area contributed by atoms with E-state index in [4.69, 9.17) is 10.5 Å². The van der Waals surface area contributed by atoms with E-state index in [1.165, 1.54) is 22.3 Å². The molecule has 2 aromatic carbocycles. The Bertz CT molecular complexity index is 569. The van der Waals surface area contributed by atoms with Gasteiger partial charge >= 0.3 is 0 Å². The third kappa shape index (κ3) is 4.35. The van der Waals surface area contributed by atoms with Crippen LogP contribution in [0.2, 0.25) is 0 Å². The summed E-state index contributed by atoms with van der Waals surface area (Å²) in [6, 6.07) is 14.5. The number of aryl methyl sites for hydroxylation is 3. The number of benzene rings is 2. The Balaban J connectivity index is 1.93. The van der Waals surface area contributed by atoms with Gasteiger partial charge in [-0.15, -0.1) is 0 Å². The van der Waals surface area contributed by atoms with Gasteiger partial charge in [0.1, 0.15) is 5.75 Å². The summed E-state index contributed by atoms with van der Waals surface area (Å²) in [5.41, 5.74) is 11.5. The predicted molar refractivity (Wildman–Crippen MR) is 93.6 cm³/mol. The molecule has 22 heavy (non-hydrogen) atoms. The molecule has 0 saturated heterocycles. The topological polar surface area (TPSA) is 35.2 Å². The molecular formula is C20H27NO. The van der Waals surface area contributed by atoms with Gasteiger partial charge in [0.2, 0.25) is 0 Å². The van der Waals surface area contributed by atoms with E-state index < -0.39 is 0 Å². The fraction of sp³-hybridized carbons (Fsp3) is 0.400. The van der Waals surface area contributed by atoms with Crippen molar-refractivity contribution in [3.05, 3.63) is 64.7 Å². The molecule has 1 atom stereocenters. The maximum absolute atomic E-state index is 6.03. The number of para-hydroxylation sites is 1. The normalized spacial score (nSPS) is 12.2. The van der Waals surface area contributed by atoms with Crippen LogP contribution in [0.15, 0.2) is 42.5 Å². The largest absolute Gasteiger partial charge is 0.494 e. The summed E-state index contributed by atoms with van der Waals surface area (Å²) in [4.78, 5) is 0. The van der Waals surface area contributed by atoms with E-state index in [1.54, 1.807) is 0 Å². The molecule has 0 aliphatic rings. The van der Waals surface area contributed by atoms with Gasteiger partial charge in [0.15, 0.2) is 0 Å². The van der Waals surface area contributed by atoms with Crippen molar-refractivity contribution in [3.63, 3.8) is 0 Å². The lowest BCUT2D eigenvalue weighted by Crippen LogP contribution is -2.16. The molecule has 0 spiro atoms. The molecule has 2 heteroatoms. The van der Waals surface area contributed by atoms with E-state index >= 15 is 0 Å². The minimum absolute atomic E-state index is 0.417. The van der Waals surface area contributed by atoms with Crippen LogP contribution in [-0.4, -0.2) is 13.2 Å². The van der Waals surface area contributed by atoms with Crippen molar-refractivity contribution >= 4 is 0 Å². The van der Waals surface area contributed by atoms with Gasteiger partial charge in [-0.25, -0.2) is 0 Å². The molecule has 2 N–H and O–H groups in total. The minimum atomic E-state index is 0.417. The molecule has 0 amide bonds. The highest BCUT2D eigenvalue weighted by Gasteiger charge is 2.15. The molecule has 0 radical (unpaired) electrons. The lowest BCUT2D eigenvalue weighted by atomic mass is 9.86. The second-order valence-corrected chi connectivity index (χ2v) is 6.05. The molecule has 0 aromatic heterocycles. The van der Waals surface area contributed by atoms with Crippen molar-refractivity contribution < 1.29 is 4.74 Å². The summed E-state index contributed by atoms with van der Waals surface area (Å²) >= 11 is 0. The average Bonchev–Trinajstić information content (AvgIpc) is 2.49. The van der Waals surface area contributed by atoms with Crippen LogP contribution in [0.25, 0.3) is 0 Å². The van der Waals surface area contributed by atoms with Gasteiger partial charge in [-0.2, -0.15) is 0 Å². The van der Waals surface area contributed by atoms with E-state index in [2.05, 4.69) is 32.9 Å². The first-order valence-electron chi connectivity index (χ1n) is 8.07. The zero-order chi connectivity index (χ0) is 15.9. The molecule has 0 bridgehead atoms. The summed E-state index contributed by atoms with van der Waals surface area (Å²) in [5.74, 6) is 1.36. The Kier molecular flexibility index (Phi) is 6.02. The third-order valence-corrected chi connectivity index (χ3v) is 4.14. The first-order chi connectivity index (χ1) is 10.6. The molecule has 0 fully saturated rings. The van der Waals surface area contributed by atoms with Crippen LogP contribution >= 0.6 is 0 Å². The Morgan fingerprint density at radius 1 is 1.00 bits per heavy atom. The standard InChI is InChI=1S/C20H27NO/c1-15-12-16(2)20(17(3)13-15)18(14-21)8-7-11-22-19-9-5-4-6-10-19/h4-6,9-10,12-13,18H,7-8,11,14,21H2,1-3H3. The molecule has 0 heterocycles. The van der Waals surface area contributed by atoms with E-state index in [1.807, 2.05) is 30.3 Å². The highest BCUT2D eigenvalue weighted by atomic mass is 16.5. The van der Waals surface area contributed by atoms with Crippen LogP contribution in [0.4, 0.5) is 0 Å². The molecule has 118 valence electrons. The number of hydrogen-bond donors (Lipinski definition) is 1. The van der Waals surface area contributed by atoms with Crippen LogP contribution in [-0.2, 0) is 0 Å². The number of rotatable bonds is 7. The summed E-state index contributed by atoms with van der Waals surface area (Å²) in [5, 5.41) is 0. The zero-order valence-electron chi connectivity index (χ0n) is 13.9. The SMILES string of the molecule is Cc1cc(C)c(C(CN)CCCOc2ccccc2)c(C)c1. The van der Waals surface area contributed by atoms with Crippen molar-refractivity contribution in [2.45, 2.75) is 39.5 Å². The summed E-state index contributed by atoms with van der Waals surface area (Å²) < 4.78 is 5.78. The Labute approximate surface area is 134 Å². The maximum atomic E-state index is 6.03. The molecule has 2 rings (SSSR count). The molecular weight excluding hydrogens is 270 g/mol. The molecule has 0 aliphatic carbocycles. The Hall–Kier alpha value is -1.80. The fourth-order valence-electron chi connectivity index (χ4n) is 3.25. The molecule has 0 aliphatic heterocycles. The first-order valence-corrected chi connectivity index (χ1v) is 8.07. The van der Waals surface area contributed by atoms with Crippen molar-refractivity contribution in [3.8, 4) is 5.75 Å². The van der Waals surface area contributed by atoms with E-state index in [-0.39, 0.29) is 0 Å². The summed E-state index contributed by atoms with van der Waals surface area (Å²) in [7, 11) is 0. The van der Waals surface area contributed by atoms with Crippen LogP contribution in [0.5, 0.6) is 5.75 Å². The summed E-state index contributed by atoms with van der Waals surface area (Å²) in [6.45, 7) is 7.96. The second-order valence-electron chi connectivity index (χ2n) is 6.05. The number of nitrogens with two attached hydrogens (primary N) is 1.